The fourth-order valence-corrected chi connectivity index (χ4v) is 3.82. The van der Waals surface area contributed by atoms with Crippen molar-refractivity contribution < 1.29 is 4.79 Å². The van der Waals surface area contributed by atoms with Crippen LogP contribution in [0.15, 0.2) is 24.3 Å². The molecule has 2 aliphatic rings. The molecular formula is C17H23N3O. The van der Waals surface area contributed by atoms with Gasteiger partial charge in [-0.1, -0.05) is 49.1 Å². The zero-order valence-corrected chi connectivity index (χ0v) is 12.8. The second-order valence-corrected chi connectivity index (χ2v) is 6.35. The van der Waals surface area contributed by atoms with Crippen molar-refractivity contribution in [2.75, 3.05) is 7.05 Å². The molecule has 1 saturated heterocycles. The third kappa shape index (κ3) is 2.13. The molecule has 1 aliphatic carbocycles. The zero-order valence-electron chi connectivity index (χ0n) is 12.8. The van der Waals surface area contributed by atoms with Gasteiger partial charge < -0.3 is 5.32 Å². The number of benzene rings is 1. The van der Waals surface area contributed by atoms with Crippen LogP contribution in [0.2, 0.25) is 0 Å². The van der Waals surface area contributed by atoms with Crippen LogP contribution in [0.3, 0.4) is 0 Å². The quantitative estimate of drug-likeness (QED) is 0.878. The summed E-state index contributed by atoms with van der Waals surface area (Å²) in [5.74, 6) is 0.503. The van der Waals surface area contributed by atoms with E-state index in [2.05, 4.69) is 11.4 Å². The number of carbonyl (C=O) groups excluding carboxylic acids is 1. The smallest absolute Gasteiger partial charge is 0.259 e. The van der Waals surface area contributed by atoms with Gasteiger partial charge in [0, 0.05) is 7.05 Å². The molecule has 0 radical (unpaired) electrons. The Bertz CT molecular complexity index is 577. The molecule has 112 valence electrons. The Morgan fingerprint density at radius 2 is 2.00 bits per heavy atom. The molecule has 1 saturated carbocycles. The summed E-state index contributed by atoms with van der Waals surface area (Å²) in [6.45, 7) is 2.05. The maximum atomic E-state index is 13.0. The van der Waals surface area contributed by atoms with Crippen molar-refractivity contribution in [3.05, 3.63) is 35.4 Å². The largest absolute Gasteiger partial charge is 0.338 e. The van der Waals surface area contributed by atoms with Crippen molar-refractivity contribution >= 4 is 11.9 Å². The summed E-state index contributed by atoms with van der Waals surface area (Å²) in [4.78, 5) is 14.4. The Morgan fingerprint density at radius 1 is 1.29 bits per heavy atom. The van der Waals surface area contributed by atoms with Crippen molar-refractivity contribution in [2.24, 2.45) is 5.92 Å². The molecule has 2 N–H and O–H groups in total. The average Bonchev–Trinajstić information content (AvgIpc) is 2.73. The Labute approximate surface area is 126 Å². The minimum absolute atomic E-state index is 0.0185. The van der Waals surface area contributed by atoms with Crippen LogP contribution in [0.1, 0.15) is 43.2 Å². The van der Waals surface area contributed by atoms with Gasteiger partial charge in [0.25, 0.3) is 5.91 Å². The standard InChI is InChI=1S/C17H23N3O/c1-12-7-6-10-14(11-12)17(13-8-4-3-5-9-13)15(21)20(2)16(18)19-17/h6-7,10-11,13H,3-5,8-9H2,1-2H3,(H2,18,19). The molecule has 1 unspecified atom stereocenters. The second-order valence-electron chi connectivity index (χ2n) is 6.35. The number of nitrogens with zero attached hydrogens (tertiary/aromatic N) is 1. The Balaban J connectivity index is 2.11. The first kappa shape index (κ1) is 14.1. The second kappa shape index (κ2) is 5.17. The first-order valence-corrected chi connectivity index (χ1v) is 7.78. The van der Waals surface area contributed by atoms with Gasteiger partial charge in [-0.3, -0.25) is 15.1 Å². The molecule has 0 bridgehead atoms. The van der Waals surface area contributed by atoms with Crippen molar-refractivity contribution in [3.8, 4) is 0 Å². The highest BCUT2D eigenvalue weighted by Gasteiger charge is 2.54. The predicted molar refractivity (Wildman–Crippen MR) is 83.1 cm³/mol. The van der Waals surface area contributed by atoms with Gasteiger partial charge >= 0.3 is 0 Å². The minimum Gasteiger partial charge on any atom is -0.338 e. The van der Waals surface area contributed by atoms with Crippen molar-refractivity contribution in [3.63, 3.8) is 0 Å². The first-order chi connectivity index (χ1) is 10.1. The van der Waals surface area contributed by atoms with E-state index in [0.717, 1.165) is 24.0 Å². The third-order valence-electron chi connectivity index (χ3n) is 4.98. The molecule has 1 amide bonds. The molecule has 1 atom stereocenters. The highest BCUT2D eigenvalue weighted by atomic mass is 16.2. The summed E-state index contributed by atoms with van der Waals surface area (Å²) >= 11 is 0. The van der Waals surface area contributed by atoms with Crippen LogP contribution >= 0.6 is 0 Å². The van der Waals surface area contributed by atoms with Gasteiger partial charge in [0.15, 0.2) is 5.96 Å². The topological polar surface area (TPSA) is 56.2 Å². The molecule has 1 heterocycles. The lowest BCUT2D eigenvalue weighted by Crippen LogP contribution is -2.50. The fraction of sp³-hybridized carbons (Fsp3) is 0.529. The average molecular weight is 285 g/mol. The molecule has 1 aliphatic heterocycles. The van der Waals surface area contributed by atoms with Crippen LogP contribution in [0.5, 0.6) is 0 Å². The fourth-order valence-electron chi connectivity index (χ4n) is 3.82. The molecule has 4 heteroatoms. The van der Waals surface area contributed by atoms with Gasteiger partial charge in [-0.2, -0.15) is 0 Å². The molecule has 0 spiro atoms. The van der Waals surface area contributed by atoms with E-state index < -0.39 is 5.54 Å². The number of guanidine groups is 1. The van der Waals surface area contributed by atoms with Gasteiger partial charge in [-0.15, -0.1) is 0 Å². The first-order valence-electron chi connectivity index (χ1n) is 7.78. The van der Waals surface area contributed by atoms with Gasteiger partial charge in [0.1, 0.15) is 5.54 Å². The Hall–Kier alpha value is -1.84. The molecule has 0 aromatic heterocycles. The zero-order chi connectivity index (χ0) is 15.0. The Morgan fingerprint density at radius 3 is 2.57 bits per heavy atom. The van der Waals surface area contributed by atoms with Crippen LogP contribution in [0.25, 0.3) is 0 Å². The van der Waals surface area contributed by atoms with Gasteiger partial charge in [-0.25, -0.2) is 0 Å². The normalized spacial score (nSPS) is 27.0. The van der Waals surface area contributed by atoms with Crippen LogP contribution in [-0.2, 0) is 10.3 Å². The maximum absolute atomic E-state index is 13.0. The van der Waals surface area contributed by atoms with E-state index in [1.807, 2.05) is 25.1 Å². The monoisotopic (exact) mass is 285 g/mol. The van der Waals surface area contributed by atoms with Gasteiger partial charge in [-0.05, 0) is 31.2 Å². The predicted octanol–water partition coefficient (Wildman–Crippen LogP) is 2.77. The lowest BCUT2D eigenvalue weighted by Gasteiger charge is -2.38. The van der Waals surface area contributed by atoms with E-state index in [1.165, 1.54) is 24.2 Å². The molecule has 1 aromatic rings. The van der Waals surface area contributed by atoms with Crippen molar-refractivity contribution in [1.29, 1.82) is 5.41 Å². The molecule has 3 rings (SSSR count). The number of hydrogen-bond acceptors (Lipinski definition) is 2. The van der Waals surface area contributed by atoms with E-state index in [9.17, 15) is 4.79 Å². The number of carbonyl (C=O) groups is 1. The molecule has 4 nitrogen and oxygen atoms in total. The minimum atomic E-state index is -0.738. The summed E-state index contributed by atoms with van der Waals surface area (Å²) in [6.07, 6.45) is 5.69. The number of rotatable bonds is 2. The summed E-state index contributed by atoms with van der Waals surface area (Å²) in [6, 6.07) is 8.17. The van der Waals surface area contributed by atoms with Crippen molar-refractivity contribution in [2.45, 2.75) is 44.6 Å². The van der Waals surface area contributed by atoms with E-state index in [-0.39, 0.29) is 17.8 Å². The van der Waals surface area contributed by atoms with Crippen LogP contribution in [0.4, 0.5) is 0 Å². The van der Waals surface area contributed by atoms with E-state index in [1.54, 1.807) is 7.05 Å². The summed E-state index contributed by atoms with van der Waals surface area (Å²) in [5.41, 5.74) is 1.42. The summed E-state index contributed by atoms with van der Waals surface area (Å²) < 4.78 is 0. The number of amides is 1. The van der Waals surface area contributed by atoms with Gasteiger partial charge in [0.05, 0.1) is 0 Å². The number of hydrogen-bond donors (Lipinski definition) is 2. The maximum Gasteiger partial charge on any atom is 0.259 e. The lowest BCUT2D eigenvalue weighted by atomic mass is 9.70. The van der Waals surface area contributed by atoms with Crippen LogP contribution in [-0.4, -0.2) is 23.8 Å². The number of nitrogens with one attached hydrogen (secondary N) is 2. The van der Waals surface area contributed by atoms with E-state index in [0.29, 0.717) is 0 Å². The number of likely N-dealkylation sites (N-methyl/N-ethyl adjacent to an activating group) is 1. The summed E-state index contributed by atoms with van der Waals surface area (Å²) in [5, 5.41) is 11.3. The molecule has 21 heavy (non-hydrogen) atoms. The summed E-state index contributed by atoms with van der Waals surface area (Å²) in [7, 11) is 1.69. The SMILES string of the molecule is Cc1cccc(C2(C3CCCCC3)NC(=N)N(C)C2=O)c1. The van der Waals surface area contributed by atoms with E-state index >= 15 is 0 Å². The molecular weight excluding hydrogens is 262 g/mol. The Kier molecular flexibility index (Phi) is 3.47. The van der Waals surface area contributed by atoms with Crippen molar-refractivity contribution in [1.82, 2.24) is 10.2 Å². The third-order valence-corrected chi connectivity index (χ3v) is 4.98. The highest BCUT2D eigenvalue weighted by Crippen LogP contribution is 2.43. The van der Waals surface area contributed by atoms with Gasteiger partial charge in [0.2, 0.25) is 0 Å². The highest BCUT2D eigenvalue weighted by molar-refractivity contribution is 6.08. The molecule has 1 aromatic carbocycles. The number of aryl methyl sites for hydroxylation is 1. The molecule has 2 fully saturated rings. The lowest BCUT2D eigenvalue weighted by molar-refractivity contribution is -0.133. The van der Waals surface area contributed by atoms with Crippen LogP contribution < -0.4 is 5.32 Å². The van der Waals surface area contributed by atoms with Crippen LogP contribution in [0, 0.1) is 18.3 Å². The van der Waals surface area contributed by atoms with E-state index in [4.69, 9.17) is 5.41 Å².